The predicted octanol–water partition coefficient (Wildman–Crippen LogP) is 4.13. The van der Waals surface area contributed by atoms with Crippen LogP contribution in [0.3, 0.4) is 0 Å². The maximum Gasteiger partial charge on any atom is 0.416 e. The van der Waals surface area contributed by atoms with Gasteiger partial charge in [0.1, 0.15) is 0 Å². The highest BCUT2D eigenvalue weighted by Gasteiger charge is 2.30. The first-order valence-electron chi connectivity index (χ1n) is 8.51. The summed E-state index contributed by atoms with van der Waals surface area (Å²) in [6, 6.07) is 7.47. The van der Waals surface area contributed by atoms with E-state index in [-0.39, 0.29) is 11.4 Å². The Morgan fingerprint density at radius 2 is 1.58 bits per heavy atom. The van der Waals surface area contributed by atoms with Crippen molar-refractivity contribution in [2.45, 2.75) is 31.9 Å². The predicted molar refractivity (Wildman–Crippen MR) is 92.1 cm³/mol. The molecule has 0 atom stereocenters. The minimum Gasteiger partial charge on any atom is -0.355 e. The molecule has 5 nitrogen and oxygen atoms in total. The molecule has 1 fully saturated rings. The second kappa shape index (κ2) is 7.72. The molecule has 0 saturated carbocycles. The Bertz CT molecular complexity index is 737. The van der Waals surface area contributed by atoms with Gasteiger partial charge in [0.05, 0.1) is 5.56 Å². The van der Waals surface area contributed by atoms with Gasteiger partial charge < -0.3 is 10.2 Å². The van der Waals surface area contributed by atoms with Crippen molar-refractivity contribution in [2.75, 3.05) is 23.3 Å². The Kier molecular flexibility index (Phi) is 5.39. The molecule has 0 radical (unpaired) electrons. The summed E-state index contributed by atoms with van der Waals surface area (Å²) >= 11 is 0. The Morgan fingerprint density at radius 1 is 0.923 bits per heavy atom. The molecule has 0 aliphatic carbocycles. The molecule has 8 heteroatoms. The number of halogens is 3. The van der Waals surface area contributed by atoms with Gasteiger partial charge in [0, 0.05) is 18.7 Å². The van der Waals surface area contributed by atoms with Gasteiger partial charge in [0.2, 0.25) is 0 Å². The van der Waals surface area contributed by atoms with E-state index in [1.54, 1.807) is 12.1 Å². The van der Waals surface area contributed by atoms with Gasteiger partial charge in [0.15, 0.2) is 11.6 Å². The molecule has 0 unspecified atom stereocenters. The normalized spacial score (nSPS) is 15.4. The Hall–Kier alpha value is -2.64. The van der Waals surface area contributed by atoms with Crippen molar-refractivity contribution in [3.63, 3.8) is 0 Å². The SMILES string of the molecule is O=C(Nc1ccc(N2CCCCCC2)nn1)c1ccc(C(F)(F)F)cc1. The molecule has 1 N–H and O–H groups in total. The molecule has 1 amide bonds. The quantitative estimate of drug-likeness (QED) is 0.890. The highest BCUT2D eigenvalue weighted by molar-refractivity contribution is 6.03. The average molecular weight is 364 g/mol. The molecule has 2 heterocycles. The van der Waals surface area contributed by atoms with Gasteiger partial charge in [-0.15, -0.1) is 10.2 Å². The van der Waals surface area contributed by atoms with E-state index in [0.717, 1.165) is 56.0 Å². The van der Waals surface area contributed by atoms with Gasteiger partial charge in [-0.2, -0.15) is 13.2 Å². The van der Waals surface area contributed by atoms with Crippen LogP contribution in [0.25, 0.3) is 0 Å². The third kappa shape index (κ3) is 4.50. The molecule has 3 rings (SSSR count). The highest BCUT2D eigenvalue weighted by Crippen LogP contribution is 2.29. The van der Waals surface area contributed by atoms with E-state index < -0.39 is 17.6 Å². The van der Waals surface area contributed by atoms with Gasteiger partial charge in [-0.1, -0.05) is 12.8 Å². The average Bonchev–Trinajstić information content (AvgIpc) is 2.91. The fourth-order valence-corrected chi connectivity index (χ4v) is 2.86. The van der Waals surface area contributed by atoms with E-state index in [0.29, 0.717) is 0 Å². The number of hydrogen-bond acceptors (Lipinski definition) is 4. The number of aromatic nitrogens is 2. The Labute approximate surface area is 149 Å². The van der Waals surface area contributed by atoms with Crippen molar-refractivity contribution in [1.82, 2.24) is 10.2 Å². The number of hydrogen-bond donors (Lipinski definition) is 1. The minimum absolute atomic E-state index is 0.122. The van der Waals surface area contributed by atoms with Crippen LogP contribution in [0.15, 0.2) is 36.4 Å². The largest absolute Gasteiger partial charge is 0.416 e. The molecule has 138 valence electrons. The maximum atomic E-state index is 12.6. The number of benzene rings is 1. The molecule has 0 spiro atoms. The van der Waals surface area contributed by atoms with Crippen LogP contribution >= 0.6 is 0 Å². The maximum absolute atomic E-state index is 12.6. The van der Waals surface area contributed by atoms with Crippen LogP contribution in [0.1, 0.15) is 41.6 Å². The van der Waals surface area contributed by atoms with E-state index in [1.807, 2.05) is 0 Å². The van der Waals surface area contributed by atoms with E-state index in [4.69, 9.17) is 0 Å². The van der Waals surface area contributed by atoms with Crippen molar-refractivity contribution in [1.29, 1.82) is 0 Å². The lowest BCUT2D eigenvalue weighted by Crippen LogP contribution is -2.25. The number of rotatable bonds is 3. The van der Waals surface area contributed by atoms with Crippen LogP contribution in [0.5, 0.6) is 0 Å². The van der Waals surface area contributed by atoms with Crippen molar-refractivity contribution in [3.05, 3.63) is 47.5 Å². The van der Waals surface area contributed by atoms with Crippen LogP contribution in [0, 0.1) is 0 Å². The molecule has 26 heavy (non-hydrogen) atoms. The molecule has 2 aromatic rings. The molecular weight excluding hydrogens is 345 g/mol. The first-order valence-corrected chi connectivity index (χ1v) is 8.51. The summed E-state index contributed by atoms with van der Waals surface area (Å²) in [5, 5.41) is 10.7. The summed E-state index contributed by atoms with van der Waals surface area (Å²) in [6.45, 7) is 1.87. The van der Waals surface area contributed by atoms with E-state index in [2.05, 4.69) is 20.4 Å². The van der Waals surface area contributed by atoms with E-state index in [9.17, 15) is 18.0 Å². The third-order valence-corrected chi connectivity index (χ3v) is 4.30. The molecule has 0 bridgehead atoms. The topological polar surface area (TPSA) is 58.1 Å². The fraction of sp³-hybridized carbons (Fsp3) is 0.389. The number of nitrogens with one attached hydrogen (secondary N) is 1. The smallest absolute Gasteiger partial charge is 0.355 e. The molecule has 1 aromatic carbocycles. The summed E-state index contributed by atoms with van der Waals surface area (Å²) in [4.78, 5) is 14.3. The molecular formula is C18H19F3N4O. The summed E-state index contributed by atoms with van der Waals surface area (Å²) < 4.78 is 37.7. The molecule has 1 aromatic heterocycles. The molecule has 1 saturated heterocycles. The first kappa shape index (κ1) is 18.2. The van der Waals surface area contributed by atoms with Crippen LogP contribution < -0.4 is 10.2 Å². The molecule has 1 aliphatic heterocycles. The van der Waals surface area contributed by atoms with Crippen LogP contribution in [0.4, 0.5) is 24.8 Å². The summed E-state index contributed by atoms with van der Waals surface area (Å²) in [6.07, 6.45) is 0.238. The van der Waals surface area contributed by atoms with E-state index >= 15 is 0 Å². The number of carbonyl (C=O) groups excluding carboxylic acids is 1. The standard InChI is InChI=1S/C18H19F3N4O/c19-18(20,21)14-7-5-13(6-8-14)17(26)22-15-9-10-16(24-23-15)25-11-3-1-2-4-12-25/h5-10H,1-4,11-12H2,(H,22,23,26). The zero-order valence-electron chi connectivity index (χ0n) is 14.1. The van der Waals surface area contributed by atoms with Crippen LogP contribution in [0.2, 0.25) is 0 Å². The lowest BCUT2D eigenvalue weighted by Gasteiger charge is -2.20. The van der Waals surface area contributed by atoms with Crippen molar-refractivity contribution < 1.29 is 18.0 Å². The summed E-state index contributed by atoms with van der Waals surface area (Å²) in [7, 11) is 0. The third-order valence-electron chi connectivity index (χ3n) is 4.30. The van der Waals surface area contributed by atoms with Crippen molar-refractivity contribution >= 4 is 17.5 Å². The Balaban J connectivity index is 1.64. The van der Waals surface area contributed by atoms with Gasteiger partial charge in [0.25, 0.3) is 5.91 Å². The summed E-state index contributed by atoms with van der Waals surface area (Å²) in [5.41, 5.74) is -0.674. The first-order chi connectivity index (χ1) is 12.4. The number of carbonyl (C=O) groups is 1. The van der Waals surface area contributed by atoms with Crippen molar-refractivity contribution in [3.8, 4) is 0 Å². The monoisotopic (exact) mass is 364 g/mol. The Morgan fingerprint density at radius 3 is 2.12 bits per heavy atom. The number of anilines is 2. The van der Waals surface area contributed by atoms with Crippen molar-refractivity contribution in [2.24, 2.45) is 0 Å². The van der Waals surface area contributed by atoms with Gasteiger partial charge >= 0.3 is 6.18 Å². The van der Waals surface area contributed by atoms with Crippen LogP contribution in [-0.2, 0) is 6.18 Å². The molecule has 1 aliphatic rings. The number of amides is 1. The lowest BCUT2D eigenvalue weighted by molar-refractivity contribution is -0.137. The minimum atomic E-state index is -4.43. The second-order valence-electron chi connectivity index (χ2n) is 6.21. The number of nitrogens with zero attached hydrogens (tertiary/aromatic N) is 3. The lowest BCUT2D eigenvalue weighted by atomic mass is 10.1. The highest BCUT2D eigenvalue weighted by atomic mass is 19.4. The van der Waals surface area contributed by atoms with E-state index in [1.165, 1.54) is 12.8 Å². The number of alkyl halides is 3. The summed E-state index contributed by atoms with van der Waals surface area (Å²) in [5.74, 6) is 0.489. The zero-order valence-corrected chi connectivity index (χ0v) is 14.1. The zero-order chi connectivity index (χ0) is 18.6. The second-order valence-corrected chi connectivity index (χ2v) is 6.21. The van der Waals surface area contributed by atoms with Gasteiger partial charge in [-0.3, -0.25) is 4.79 Å². The van der Waals surface area contributed by atoms with Gasteiger partial charge in [-0.25, -0.2) is 0 Å². The van der Waals surface area contributed by atoms with Gasteiger partial charge in [-0.05, 0) is 49.2 Å². The fourth-order valence-electron chi connectivity index (χ4n) is 2.86. The van der Waals surface area contributed by atoms with Crippen LogP contribution in [-0.4, -0.2) is 29.2 Å².